The van der Waals surface area contributed by atoms with Gasteiger partial charge in [0.2, 0.25) is 0 Å². The molecule has 0 saturated heterocycles. The Balaban J connectivity index is 1.72. The molecule has 0 aliphatic carbocycles. The summed E-state index contributed by atoms with van der Waals surface area (Å²) in [6.45, 7) is 4.01. The third-order valence-electron chi connectivity index (χ3n) is 3.97. The van der Waals surface area contributed by atoms with Gasteiger partial charge in [-0.15, -0.1) is 11.3 Å². The van der Waals surface area contributed by atoms with E-state index in [9.17, 15) is 9.18 Å². The lowest BCUT2D eigenvalue weighted by Crippen LogP contribution is -2.42. The van der Waals surface area contributed by atoms with E-state index in [1.165, 1.54) is 23.5 Å². The highest BCUT2D eigenvalue weighted by atomic mass is 32.1. The molecule has 0 bridgehead atoms. The first-order valence-corrected chi connectivity index (χ1v) is 8.87. The van der Waals surface area contributed by atoms with Gasteiger partial charge in [-0.25, -0.2) is 19.3 Å². The molecule has 1 amide bonds. The van der Waals surface area contributed by atoms with Gasteiger partial charge in [0.15, 0.2) is 10.8 Å². The molecule has 0 radical (unpaired) electrons. The van der Waals surface area contributed by atoms with Gasteiger partial charge < -0.3 is 9.64 Å². The predicted molar refractivity (Wildman–Crippen MR) is 96.0 cm³/mol. The molecule has 3 heterocycles. The van der Waals surface area contributed by atoms with Gasteiger partial charge in [-0.3, -0.25) is 4.79 Å². The number of hydrogen-bond acceptors (Lipinski definition) is 6. The second kappa shape index (κ2) is 6.45. The number of carbonyl (C=O) groups excluding carboxylic acids is 1. The van der Waals surface area contributed by atoms with Crippen molar-refractivity contribution in [3.63, 3.8) is 0 Å². The van der Waals surface area contributed by atoms with Gasteiger partial charge in [0.05, 0.1) is 17.9 Å². The van der Waals surface area contributed by atoms with Crippen molar-refractivity contribution in [3.05, 3.63) is 53.0 Å². The summed E-state index contributed by atoms with van der Waals surface area (Å²) in [4.78, 5) is 28.1. The number of fused-ring (bicyclic) bond motifs is 1. The zero-order chi connectivity index (χ0) is 18.3. The van der Waals surface area contributed by atoms with E-state index in [1.807, 2.05) is 6.92 Å². The second-order valence-corrected chi connectivity index (χ2v) is 6.96. The van der Waals surface area contributed by atoms with Gasteiger partial charge in [-0.05, 0) is 32.0 Å². The zero-order valence-corrected chi connectivity index (χ0v) is 15.0. The highest BCUT2D eigenvalue weighted by Gasteiger charge is 2.31. The average Bonchev–Trinajstić information content (AvgIpc) is 3.02. The maximum absolute atomic E-state index is 13.5. The molecule has 2 aromatic heterocycles. The number of amides is 1. The number of nitrogens with zero attached hydrogens (tertiary/aromatic N) is 4. The zero-order valence-electron chi connectivity index (χ0n) is 14.1. The van der Waals surface area contributed by atoms with Gasteiger partial charge >= 0.3 is 0 Å². The van der Waals surface area contributed by atoms with Crippen LogP contribution in [0.2, 0.25) is 0 Å². The summed E-state index contributed by atoms with van der Waals surface area (Å²) < 4.78 is 19.2. The summed E-state index contributed by atoms with van der Waals surface area (Å²) in [6, 6.07) is 5.91. The fourth-order valence-electron chi connectivity index (χ4n) is 2.83. The van der Waals surface area contributed by atoms with Crippen molar-refractivity contribution in [3.8, 4) is 16.6 Å². The number of aryl methyl sites for hydroxylation is 1. The lowest BCUT2D eigenvalue weighted by atomic mass is 10.2. The Morgan fingerprint density at radius 1 is 1.35 bits per heavy atom. The van der Waals surface area contributed by atoms with E-state index in [0.29, 0.717) is 39.4 Å². The smallest absolute Gasteiger partial charge is 0.270 e. The first-order chi connectivity index (χ1) is 12.5. The van der Waals surface area contributed by atoms with Crippen LogP contribution >= 0.6 is 11.3 Å². The molecule has 0 spiro atoms. The Kier molecular flexibility index (Phi) is 4.12. The number of benzene rings is 1. The van der Waals surface area contributed by atoms with Gasteiger partial charge in [0, 0.05) is 18.5 Å². The molecule has 3 aromatic rings. The average molecular weight is 370 g/mol. The standard InChI is InChI=1S/C18H15FN4O2S/c1-10-9-23(13-5-4-12(19)8-14(13)25-10)18(24)15-11(2)22-17(26-15)16-20-6-3-7-21-16/h3-8,10H,9H2,1-2H3/t10-/m1/s1. The SMILES string of the molecule is Cc1nc(-c2ncccn2)sc1C(=O)N1C[C@@H](C)Oc2cc(F)ccc21. The van der Waals surface area contributed by atoms with E-state index >= 15 is 0 Å². The molecule has 1 aliphatic rings. The fraction of sp³-hybridized carbons (Fsp3) is 0.222. The Bertz CT molecular complexity index is 977. The van der Waals surface area contributed by atoms with Gasteiger partial charge in [0.25, 0.3) is 5.91 Å². The van der Waals surface area contributed by atoms with Crippen LogP contribution in [0.5, 0.6) is 5.75 Å². The van der Waals surface area contributed by atoms with E-state index in [4.69, 9.17) is 4.74 Å². The monoisotopic (exact) mass is 370 g/mol. The number of aromatic nitrogens is 3. The summed E-state index contributed by atoms with van der Waals surface area (Å²) in [5.41, 5.74) is 1.17. The Labute approximate surface area is 153 Å². The number of thiazole rings is 1. The van der Waals surface area contributed by atoms with E-state index in [0.717, 1.165) is 0 Å². The molecular formula is C18H15FN4O2S. The minimum atomic E-state index is -0.400. The van der Waals surface area contributed by atoms with Crippen LogP contribution in [0.4, 0.5) is 10.1 Å². The van der Waals surface area contributed by atoms with E-state index in [1.54, 1.807) is 36.4 Å². The lowest BCUT2D eigenvalue weighted by Gasteiger charge is -2.33. The highest BCUT2D eigenvalue weighted by molar-refractivity contribution is 7.17. The number of anilines is 1. The molecule has 1 aliphatic heterocycles. The van der Waals surface area contributed by atoms with E-state index in [-0.39, 0.29) is 12.0 Å². The van der Waals surface area contributed by atoms with Crippen molar-refractivity contribution in [2.24, 2.45) is 0 Å². The molecule has 4 rings (SSSR count). The summed E-state index contributed by atoms with van der Waals surface area (Å²) in [7, 11) is 0. The molecule has 0 unspecified atom stereocenters. The van der Waals surface area contributed by atoms with Crippen molar-refractivity contribution < 1.29 is 13.9 Å². The molecule has 6 nitrogen and oxygen atoms in total. The van der Waals surface area contributed by atoms with Crippen molar-refractivity contribution in [2.45, 2.75) is 20.0 Å². The summed E-state index contributed by atoms with van der Waals surface area (Å²) in [5, 5.41) is 0.590. The topological polar surface area (TPSA) is 68.2 Å². The summed E-state index contributed by atoms with van der Waals surface area (Å²) in [5.74, 6) is 0.260. The fourth-order valence-corrected chi connectivity index (χ4v) is 3.79. The van der Waals surface area contributed by atoms with Crippen LogP contribution in [0.1, 0.15) is 22.3 Å². The van der Waals surface area contributed by atoms with Crippen LogP contribution in [0.3, 0.4) is 0 Å². The second-order valence-electron chi connectivity index (χ2n) is 5.96. The third kappa shape index (κ3) is 2.92. The number of hydrogen-bond donors (Lipinski definition) is 0. The van der Waals surface area contributed by atoms with Crippen molar-refractivity contribution >= 4 is 22.9 Å². The molecule has 8 heteroatoms. The minimum Gasteiger partial charge on any atom is -0.487 e. The molecule has 0 fully saturated rings. The van der Waals surface area contributed by atoms with Gasteiger partial charge in [-0.1, -0.05) is 0 Å². The first kappa shape index (κ1) is 16.6. The van der Waals surface area contributed by atoms with Gasteiger partial charge in [0.1, 0.15) is 22.5 Å². The van der Waals surface area contributed by atoms with Crippen LogP contribution in [0, 0.1) is 12.7 Å². The van der Waals surface area contributed by atoms with Crippen LogP contribution in [-0.2, 0) is 0 Å². The molecule has 0 N–H and O–H groups in total. The van der Waals surface area contributed by atoms with E-state index < -0.39 is 5.82 Å². The lowest BCUT2D eigenvalue weighted by molar-refractivity contribution is 0.0964. The predicted octanol–water partition coefficient (Wildman–Crippen LogP) is 3.48. The quantitative estimate of drug-likeness (QED) is 0.691. The number of carbonyl (C=O) groups is 1. The van der Waals surface area contributed by atoms with Crippen LogP contribution in [-0.4, -0.2) is 33.5 Å². The Hall–Kier alpha value is -2.87. The first-order valence-electron chi connectivity index (χ1n) is 8.06. The normalized spacial score (nSPS) is 16.1. The number of halogens is 1. The van der Waals surface area contributed by atoms with Crippen molar-refractivity contribution in [2.75, 3.05) is 11.4 Å². The van der Waals surface area contributed by atoms with Crippen LogP contribution in [0.15, 0.2) is 36.7 Å². The van der Waals surface area contributed by atoms with Gasteiger partial charge in [-0.2, -0.15) is 0 Å². The summed E-state index contributed by atoms with van der Waals surface area (Å²) in [6.07, 6.45) is 3.03. The van der Waals surface area contributed by atoms with E-state index in [2.05, 4.69) is 15.0 Å². The molecule has 0 saturated carbocycles. The van der Waals surface area contributed by atoms with Crippen molar-refractivity contribution in [1.29, 1.82) is 0 Å². The maximum Gasteiger partial charge on any atom is 0.270 e. The molecule has 26 heavy (non-hydrogen) atoms. The van der Waals surface area contributed by atoms with Crippen LogP contribution in [0.25, 0.3) is 10.8 Å². The number of rotatable bonds is 2. The Morgan fingerprint density at radius 2 is 2.12 bits per heavy atom. The molecular weight excluding hydrogens is 355 g/mol. The number of ether oxygens (including phenoxy) is 1. The Morgan fingerprint density at radius 3 is 2.88 bits per heavy atom. The molecule has 1 aromatic carbocycles. The molecule has 1 atom stereocenters. The summed E-state index contributed by atoms with van der Waals surface area (Å²) >= 11 is 1.25. The van der Waals surface area contributed by atoms with Crippen LogP contribution < -0.4 is 9.64 Å². The highest BCUT2D eigenvalue weighted by Crippen LogP contribution is 2.36. The largest absolute Gasteiger partial charge is 0.487 e. The molecule has 132 valence electrons. The maximum atomic E-state index is 13.5. The third-order valence-corrected chi connectivity index (χ3v) is 5.11. The van der Waals surface area contributed by atoms with Crippen molar-refractivity contribution in [1.82, 2.24) is 15.0 Å². The minimum absolute atomic E-state index is 0.190.